The fourth-order valence-corrected chi connectivity index (χ4v) is 6.02. The first-order chi connectivity index (χ1) is 20.4. The molecule has 1 aliphatic heterocycles. The molecule has 14 heteroatoms. The normalized spacial score (nSPS) is 14.9. The SMILES string of the molecule is CCC(/C=C1\Oc2ccc(Cl)cc2N1CCCS(=O)(=O)O)=C\c1oc2ccc(-n3cccc3)cc2[n+]1CCCS(=O)(=O)[O-]. The van der Waals surface area contributed by atoms with Crippen LogP contribution < -0.4 is 14.2 Å². The Morgan fingerprint density at radius 3 is 2.53 bits per heavy atom. The Morgan fingerprint density at radius 1 is 1.07 bits per heavy atom. The van der Waals surface area contributed by atoms with Gasteiger partial charge < -0.3 is 23.2 Å². The fourth-order valence-electron chi connectivity index (χ4n) is 4.87. The van der Waals surface area contributed by atoms with Crippen molar-refractivity contribution in [3.05, 3.63) is 89.4 Å². The molecule has 0 saturated carbocycles. The third kappa shape index (κ3) is 7.67. The number of benzene rings is 2. The maximum atomic E-state index is 11.3. The Balaban J connectivity index is 1.53. The van der Waals surface area contributed by atoms with Gasteiger partial charge in [0, 0.05) is 48.3 Å². The zero-order chi connectivity index (χ0) is 30.8. The molecule has 0 atom stereocenters. The lowest BCUT2D eigenvalue weighted by Crippen LogP contribution is -2.36. The van der Waals surface area contributed by atoms with Gasteiger partial charge in [-0.25, -0.2) is 8.42 Å². The van der Waals surface area contributed by atoms with E-state index >= 15 is 0 Å². The average molecular weight is 648 g/mol. The number of hydrogen-bond donors (Lipinski definition) is 1. The van der Waals surface area contributed by atoms with Crippen LogP contribution in [-0.4, -0.2) is 48.6 Å². The summed E-state index contributed by atoms with van der Waals surface area (Å²) in [5.41, 5.74) is 3.66. The van der Waals surface area contributed by atoms with Crippen LogP contribution in [0.5, 0.6) is 5.75 Å². The van der Waals surface area contributed by atoms with Gasteiger partial charge in [0.05, 0.1) is 33.3 Å². The van der Waals surface area contributed by atoms with E-state index in [0.717, 1.165) is 16.8 Å². The number of rotatable bonds is 12. The molecule has 0 unspecified atom stereocenters. The van der Waals surface area contributed by atoms with Crippen molar-refractivity contribution in [2.45, 2.75) is 32.7 Å². The number of ether oxygens (including phenoxy) is 1. The molecule has 0 fully saturated rings. The van der Waals surface area contributed by atoms with Crippen molar-refractivity contribution >= 4 is 54.7 Å². The maximum absolute atomic E-state index is 11.3. The number of aryl methyl sites for hydroxylation is 1. The van der Waals surface area contributed by atoms with Crippen LogP contribution in [0.2, 0.25) is 5.02 Å². The molecule has 0 spiro atoms. The Morgan fingerprint density at radius 2 is 1.84 bits per heavy atom. The van der Waals surface area contributed by atoms with Gasteiger partial charge in [-0.15, -0.1) is 0 Å². The van der Waals surface area contributed by atoms with Gasteiger partial charge in [-0.2, -0.15) is 13.0 Å². The Hall–Kier alpha value is -3.62. The number of hydrogen-bond acceptors (Lipinski definition) is 8. The summed E-state index contributed by atoms with van der Waals surface area (Å²) in [5.74, 6) is 0.522. The molecule has 5 rings (SSSR count). The molecule has 0 radical (unpaired) electrons. The van der Waals surface area contributed by atoms with Crippen LogP contribution in [0, 0.1) is 0 Å². The molecule has 1 aliphatic rings. The minimum Gasteiger partial charge on any atom is -0.748 e. The zero-order valence-corrected chi connectivity index (χ0v) is 25.6. The van der Waals surface area contributed by atoms with Crippen LogP contribution in [0.3, 0.4) is 0 Å². The predicted octanol–water partition coefficient (Wildman–Crippen LogP) is 4.91. The van der Waals surface area contributed by atoms with Crippen LogP contribution in [0.15, 0.2) is 82.9 Å². The van der Waals surface area contributed by atoms with E-state index in [2.05, 4.69) is 0 Å². The Kier molecular flexibility index (Phi) is 8.99. The largest absolute Gasteiger partial charge is 0.748 e. The van der Waals surface area contributed by atoms with Crippen molar-refractivity contribution in [3.63, 3.8) is 0 Å². The molecule has 2 aromatic heterocycles. The van der Waals surface area contributed by atoms with Crippen molar-refractivity contribution < 1.29 is 39.7 Å². The molecule has 4 aromatic rings. The van der Waals surface area contributed by atoms with Crippen molar-refractivity contribution in [2.24, 2.45) is 0 Å². The van der Waals surface area contributed by atoms with E-state index in [1.807, 2.05) is 70.9 Å². The van der Waals surface area contributed by atoms with E-state index in [-0.39, 0.29) is 25.9 Å². The zero-order valence-electron chi connectivity index (χ0n) is 23.2. The van der Waals surface area contributed by atoms with Gasteiger partial charge in [0.2, 0.25) is 11.5 Å². The monoisotopic (exact) mass is 647 g/mol. The number of fused-ring (bicyclic) bond motifs is 2. The number of nitrogens with zero attached hydrogens (tertiary/aromatic N) is 3. The van der Waals surface area contributed by atoms with E-state index in [9.17, 15) is 25.9 Å². The van der Waals surface area contributed by atoms with E-state index in [1.54, 1.807) is 23.1 Å². The standard InChI is InChI=1S/C29H30ClN3O8S2/c1-2-21(17-28-32(13-5-15-42(34,35)36)24-19-22(30)7-9-26(24)40-28)18-29-33(14-6-16-43(37,38)39)25-20-23(8-10-27(25)41-29)31-11-3-4-12-31/h3-4,7-12,17-20H,2,5-6,13-16H2,1H3,(H-,34,35,36,37,38,39). The smallest absolute Gasteiger partial charge is 0.374 e. The second-order valence-electron chi connectivity index (χ2n) is 10.0. The van der Waals surface area contributed by atoms with E-state index in [0.29, 0.717) is 40.2 Å². The molecule has 0 aliphatic carbocycles. The molecule has 11 nitrogen and oxygen atoms in total. The summed E-state index contributed by atoms with van der Waals surface area (Å²) in [4.78, 5) is 1.80. The van der Waals surface area contributed by atoms with Crippen LogP contribution in [0.25, 0.3) is 22.9 Å². The number of allylic oxidation sites excluding steroid dienone is 2. The van der Waals surface area contributed by atoms with Gasteiger partial charge in [-0.1, -0.05) is 18.5 Å². The van der Waals surface area contributed by atoms with Gasteiger partial charge in [0.15, 0.2) is 12.3 Å². The summed E-state index contributed by atoms with van der Waals surface area (Å²) in [6.07, 6.45) is 8.26. The molecule has 1 N–H and O–H groups in total. The van der Waals surface area contributed by atoms with Crippen molar-refractivity contribution in [3.8, 4) is 11.4 Å². The van der Waals surface area contributed by atoms with Crippen LogP contribution in [0.1, 0.15) is 32.1 Å². The molecule has 0 amide bonds. The van der Waals surface area contributed by atoms with Gasteiger partial charge in [0.1, 0.15) is 0 Å². The predicted molar refractivity (Wildman–Crippen MR) is 162 cm³/mol. The second-order valence-corrected chi connectivity index (χ2v) is 13.5. The molecular formula is C29H30ClN3O8S2. The van der Waals surface area contributed by atoms with Crippen LogP contribution in [-0.2, 0) is 26.8 Å². The Labute approximate surface area is 254 Å². The van der Waals surface area contributed by atoms with Gasteiger partial charge in [-0.05, 0) is 60.9 Å². The molecule has 3 heterocycles. The summed E-state index contributed by atoms with van der Waals surface area (Å²) in [5, 5.41) is 0.484. The van der Waals surface area contributed by atoms with E-state index < -0.39 is 31.7 Å². The number of aromatic nitrogens is 2. The summed E-state index contributed by atoms with van der Waals surface area (Å²) in [6, 6.07) is 14.6. The van der Waals surface area contributed by atoms with Crippen LogP contribution >= 0.6 is 11.6 Å². The molecule has 43 heavy (non-hydrogen) atoms. The average Bonchev–Trinajstić information content (AvgIpc) is 3.65. The highest BCUT2D eigenvalue weighted by Crippen LogP contribution is 2.41. The highest BCUT2D eigenvalue weighted by Gasteiger charge is 2.28. The van der Waals surface area contributed by atoms with E-state index in [1.165, 1.54) is 0 Å². The third-order valence-corrected chi connectivity index (χ3v) is 8.72. The lowest BCUT2D eigenvalue weighted by atomic mass is 10.1. The summed E-state index contributed by atoms with van der Waals surface area (Å²) in [6.45, 7) is 2.42. The molecule has 0 saturated heterocycles. The van der Waals surface area contributed by atoms with E-state index in [4.69, 9.17) is 20.8 Å². The second kappa shape index (κ2) is 12.5. The molecule has 2 aromatic carbocycles. The fraction of sp³-hybridized carbons (Fsp3) is 0.276. The topological polar surface area (TPSA) is 146 Å². The Bertz CT molecular complexity index is 1910. The highest BCUT2D eigenvalue weighted by atomic mass is 35.5. The number of anilines is 1. The van der Waals surface area contributed by atoms with Crippen molar-refractivity contribution in [2.75, 3.05) is 23.0 Å². The van der Waals surface area contributed by atoms with Crippen molar-refractivity contribution in [1.82, 2.24) is 4.57 Å². The molecule has 228 valence electrons. The highest BCUT2D eigenvalue weighted by molar-refractivity contribution is 7.85. The third-order valence-electron chi connectivity index (χ3n) is 6.89. The van der Waals surface area contributed by atoms with Gasteiger partial charge in [-0.3, -0.25) is 4.55 Å². The first-order valence-corrected chi connectivity index (χ1v) is 17.1. The molecular weight excluding hydrogens is 618 g/mol. The van der Waals surface area contributed by atoms with Crippen LogP contribution in [0.4, 0.5) is 5.69 Å². The summed E-state index contributed by atoms with van der Waals surface area (Å²) < 4.78 is 82.0. The quantitative estimate of drug-likeness (QED) is 0.167. The number of oxazole rings is 1. The van der Waals surface area contributed by atoms with Crippen molar-refractivity contribution in [1.29, 1.82) is 0 Å². The lowest BCUT2D eigenvalue weighted by molar-refractivity contribution is -0.677. The lowest BCUT2D eigenvalue weighted by Gasteiger charge is -2.18. The molecule has 0 bridgehead atoms. The van der Waals surface area contributed by atoms with Gasteiger partial charge in [0.25, 0.3) is 15.6 Å². The number of halogens is 1. The minimum absolute atomic E-state index is 0.100. The first kappa shape index (κ1) is 30.8. The minimum atomic E-state index is -4.39. The maximum Gasteiger partial charge on any atom is 0.374 e. The first-order valence-electron chi connectivity index (χ1n) is 13.6. The summed E-state index contributed by atoms with van der Waals surface area (Å²) >= 11 is 6.23. The van der Waals surface area contributed by atoms with Gasteiger partial charge >= 0.3 is 5.89 Å². The summed E-state index contributed by atoms with van der Waals surface area (Å²) in [7, 11) is -8.53.